The Hall–Kier alpha value is -1.80. The van der Waals surface area contributed by atoms with E-state index in [1.165, 1.54) is 29.6 Å². The Kier molecular flexibility index (Phi) is 5.25. The van der Waals surface area contributed by atoms with Gasteiger partial charge in [0.1, 0.15) is 16.4 Å². The molecular formula is C14H20N2O5S. The normalized spacial score (nSPS) is 16.2. The molecule has 1 amide bonds. The largest absolute Gasteiger partial charge is 0.495 e. The van der Waals surface area contributed by atoms with Gasteiger partial charge in [0.25, 0.3) is 5.91 Å². The van der Waals surface area contributed by atoms with Crippen molar-refractivity contribution in [2.24, 2.45) is 5.73 Å². The number of methoxy groups -OCH3 is 1. The van der Waals surface area contributed by atoms with Crippen molar-refractivity contribution >= 4 is 15.9 Å². The van der Waals surface area contributed by atoms with Crippen molar-refractivity contribution in [3.8, 4) is 11.5 Å². The Morgan fingerprint density at radius 3 is 2.55 bits per heavy atom. The number of amides is 1. The zero-order valence-corrected chi connectivity index (χ0v) is 13.3. The summed E-state index contributed by atoms with van der Waals surface area (Å²) in [4.78, 5) is 10.8. The van der Waals surface area contributed by atoms with Crippen LogP contribution in [0.2, 0.25) is 0 Å². The number of hydrogen-bond donors (Lipinski definition) is 1. The van der Waals surface area contributed by atoms with E-state index in [1.54, 1.807) is 0 Å². The van der Waals surface area contributed by atoms with Gasteiger partial charge in [-0.3, -0.25) is 4.79 Å². The molecule has 1 aromatic carbocycles. The molecule has 1 heterocycles. The van der Waals surface area contributed by atoms with Crippen molar-refractivity contribution < 1.29 is 22.7 Å². The fraction of sp³-hybridized carbons (Fsp3) is 0.500. The number of carbonyl (C=O) groups excluding carboxylic acids is 1. The first-order valence-electron chi connectivity index (χ1n) is 7.04. The van der Waals surface area contributed by atoms with Crippen LogP contribution in [-0.4, -0.2) is 45.4 Å². The number of ether oxygens (including phenoxy) is 2. The molecule has 2 N–H and O–H groups in total. The maximum Gasteiger partial charge on any atom is 0.255 e. The highest BCUT2D eigenvalue weighted by molar-refractivity contribution is 7.89. The van der Waals surface area contributed by atoms with Crippen LogP contribution in [-0.2, 0) is 14.8 Å². The van der Waals surface area contributed by atoms with Crippen molar-refractivity contribution in [2.45, 2.75) is 24.2 Å². The smallest absolute Gasteiger partial charge is 0.255 e. The van der Waals surface area contributed by atoms with Crippen LogP contribution >= 0.6 is 0 Å². The molecule has 1 aliphatic heterocycles. The molecule has 1 aliphatic rings. The van der Waals surface area contributed by atoms with Crippen molar-refractivity contribution in [1.82, 2.24) is 4.31 Å². The lowest BCUT2D eigenvalue weighted by molar-refractivity contribution is -0.119. The fourth-order valence-corrected chi connectivity index (χ4v) is 4.03. The minimum Gasteiger partial charge on any atom is -0.495 e. The molecule has 1 aromatic rings. The van der Waals surface area contributed by atoms with Gasteiger partial charge < -0.3 is 15.2 Å². The van der Waals surface area contributed by atoms with Crippen molar-refractivity contribution in [3.05, 3.63) is 18.2 Å². The number of rotatable bonds is 6. The zero-order valence-electron chi connectivity index (χ0n) is 12.4. The summed E-state index contributed by atoms with van der Waals surface area (Å²) < 4.78 is 37.3. The van der Waals surface area contributed by atoms with Crippen LogP contribution in [0.5, 0.6) is 11.5 Å². The fourth-order valence-electron chi connectivity index (χ4n) is 2.35. The number of nitrogens with zero attached hydrogens (tertiary/aromatic N) is 1. The summed E-state index contributed by atoms with van der Waals surface area (Å²) in [5.41, 5.74) is 5.02. The maximum absolute atomic E-state index is 12.8. The van der Waals surface area contributed by atoms with E-state index in [1.807, 2.05) is 0 Å². The number of benzene rings is 1. The molecule has 2 rings (SSSR count). The van der Waals surface area contributed by atoms with Gasteiger partial charge >= 0.3 is 0 Å². The third kappa shape index (κ3) is 3.69. The second-order valence-electron chi connectivity index (χ2n) is 5.03. The predicted molar refractivity (Wildman–Crippen MR) is 80.3 cm³/mol. The lowest BCUT2D eigenvalue weighted by Gasteiger charge is -2.26. The van der Waals surface area contributed by atoms with Gasteiger partial charge in [0, 0.05) is 19.2 Å². The molecule has 1 fully saturated rings. The molecule has 122 valence electrons. The molecule has 0 spiro atoms. The summed E-state index contributed by atoms with van der Waals surface area (Å²) in [6.07, 6.45) is 2.73. The van der Waals surface area contributed by atoms with E-state index in [0.29, 0.717) is 13.1 Å². The van der Waals surface area contributed by atoms with Crippen LogP contribution in [0, 0.1) is 0 Å². The summed E-state index contributed by atoms with van der Waals surface area (Å²) in [5, 5.41) is 0. The van der Waals surface area contributed by atoms with Gasteiger partial charge in [-0.05, 0) is 25.0 Å². The second-order valence-corrected chi connectivity index (χ2v) is 6.94. The van der Waals surface area contributed by atoms with Gasteiger partial charge in [0.2, 0.25) is 10.0 Å². The average Bonchev–Trinajstić information content (AvgIpc) is 2.53. The third-order valence-corrected chi connectivity index (χ3v) is 5.37. The van der Waals surface area contributed by atoms with Crippen molar-refractivity contribution in [2.75, 3.05) is 26.8 Å². The Bertz CT molecular complexity index is 639. The highest BCUT2D eigenvalue weighted by atomic mass is 32.2. The summed E-state index contributed by atoms with van der Waals surface area (Å²) in [6.45, 7) is 0.686. The quantitative estimate of drug-likeness (QED) is 0.830. The van der Waals surface area contributed by atoms with Gasteiger partial charge in [0.15, 0.2) is 6.61 Å². The van der Waals surface area contributed by atoms with Crippen LogP contribution < -0.4 is 15.2 Å². The summed E-state index contributed by atoms with van der Waals surface area (Å²) >= 11 is 0. The maximum atomic E-state index is 12.8. The highest BCUT2D eigenvalue weighted by Gasteiger charge is 2.29. The molecule has 0 atom stereocenters. The van der Waals surface area contributed by atoms with Crippen LogP contribution in [0.4, 0.5) is 0 Å². The van der Waals surface area contributed by atoms with E-state index in [0.717, 1.165) is 19.3 Å². The number of sulfonamides is 1. The number of primary amides is 1. The van der Waals surface area contributed by atoms with Gasteiger partial charge in [0.05, 0.1) is 7.11 Å². The monoisotopic (exact) mass is 328 g/mol. The summed E-state index contributed by atoms with van der Waals surface area (Å²) in [6, 6.07) is 4.41. The molecular weight excluding hydrogens is 308 g/mol. The van der Waals surface area contributed by atoms with E-state index in [2.05, 4.69) is 0 Å². The molecule has 7 nitrogen and oxygen atoms in total. The Morgan fingerprint density at radius 1 is 1.27 bits per heavy atom. The van der Waals surface area contributed by atoms with Crippen LogP contribution in [0.1, 0.15) is 19.3 Å². The van der Waals surface area contributed by atoms with E-state index in [9.17, 15) is 13.2 Å². The molecule has 0 radical (unpaired) electrons. The number of piperidine rings is 1. The van der Waals surface area contributed by atoms with Crippen molar-refractivity contribution in [3.63, 3.8) is 0 Å². The van der Waals surface area contributed by atoms with Crippen LogP contribution in [0.25, 0.3) is 0 Å². The van der Waals surface area contributed by atoms with Gasteiger partial charge in [-0.1, -0.05) is 6.42 Å². The lowest BCUT2D eigenvalue weighted by Crippen LogP contribution is -2.35. The van der Waals surface area contributed by atoms with Crippen molar-refractivity contribution in [1.29, 1.82) is 0 Å². The predicted octanol–water partition coefficient (Wildman–Crippen LogP) is 0.734. The first-order valence-corrected chi connectivity index (χ1v) is 8.48. The summed E-state index contributed by atoms with van der Waals surface area (Å²) in [5.74, 6) is -0.122. The van der Waals surface area contributed by atoms with Gasteiger partial charge in [-0.15, -0.1) is 0 Å². The van der Waals surface area contributed by atoms with E-state index in [4.69, 9.17) is 15.2 Å². The Balaban J connectivity index is 2.33. The third-order valence-electron chi connectivity index (χ3n) is 3.45. The molecule has 8 heteroatoms. The first kappa shape index (κ1) is 16.6. The number of hydrogen-bond acceptors (Lipinski definition) is 5. The zero-order chi connectivity index (χ0) is 16.2. The van der Waals surface area contributed by atoms with Gasteiger partial charge in [-0.25, -0.2) is 8.42 Å². The van der Waals surface area contributed by atoms with Crippen LogP contribution in [0.3, 0.4) is 0 Å². The molecule has 0 aliphatic carbocycles. The number of nitrogens with two attached hydrogens (primary N) is 1. The standard InChI is InChI=1S/C14H20N2O5S/c1-20-12-6-5-11(21-10-14(15)17)9-13(12)22(18,19)16-7-3-2-4-8-16/h5-6,9H,2-4,7-8,10H2,1H3,(H2,15,17). The Morgan fingerprint density at radius 2 is 1.95 bits per heavy atom. The molecule has 0 aromatic heterocycles. The number of carbonyl (C=O) groups is 1. The minimum atomic E-state index is -3.65. The highest BCUT2D eigenvalue weighted by Crippen LogP contribution is 2.31. The molecule has 0 bridgehead atoms. The summed E-state index contributed by atoms with van der Waals surface area (Å²) in [7, 11) is -2.24. The molecule has 0 saturated carbocycles. The molecule has 1 saturated heterocycles. The van der Waals surface area contributed by atoms with E-state index in [-0.39, 0.29) is 23.0 Å². The lowest BCUT2D eigenvalue weighted by atomic mass is 10.2. The topological polar surface area (TPSA) is 98.9 Å². The SMILES string of the molecule is COc1ccc(OCC(N)=O)cc1S(=O)(=O)N1CCCCC1. The first-order chi connectivity index (χ1) is 10.4. The second kappa shape index (κ2) is 6.97. The minimum absolute atomic E-state index is 0.0406. The van der Waals surface area contributed by atoms with E-state index >= 15 is 0 Å². The Labute approximate surface area is 130 Å². The van der Waals surface area contributed by atoms with E-state index < -0.39 is 15.9 Å². The van der Waals surface area contributed by atoms with Crippen LogP contribution in [0.15, 0.2) is 23.1 Å². The molecule has 22 heavy (non-hydrogen) atoms. The molecule has 0 unspecified atom stereocenters. The van der Waals surface area contributed by atoms with Gasteiger partial charge in [-0.2, -0.15) is 4.31 Å². The average molecular weight is 328 g/mol.